The summed E-state index contributed by atoms with van der Waals surface area (Å²) in [7, 11) is 0. The summed E-state index contributed by atoms with van der Waals surface area (Å²) in [4.78, 5) is 15.4. The molecule has 0 aliphatic heterocycles. The molecule has 1 N–H and O–H groups in total. The van der Waals surface area contributed by atoms with Crippen LogP contribution in [0.25, 0.3) is 11.3 Å². The Kier molecular flexibility index (Phi) is 3.19. The number of pyridine rings is 1. The normalized spacial score (nSPS) is 10.2. The largest absolute Gasteiger partial charge is 0.478 e. The van der Waals surface area contributed by atoms with E-state index in [0.717, 1.165) is 11.3 Å². The molecule has 1 aromatic heterocycles. The highest BCUT2D eigenvalue weighted by atomic mass is 16.4. The Balaban J connectivity index is 2.49. The van der Waals surface area contributed by atoms with Gasteiger partial charge in [-0.05, 0) is 18.6 Å². The third-order valence-electron chi connectivity index (χ3n) is 2.61. The van der Waals surface area contributed by atoms with Gasteiger partial charge < -0.3 is 5.11 Å². The average molecular weight is 227 g/mol. The molecule has 0 saturated carbocycles. The van der Waals surface area contributed by atoms with E-state index in [0.29, 0.717) is 12.1 Å². The summed E-state index contributed by atoms with van der Waals surface area (Å²) in [5.74, 6) is -0.922. The average Bonchev–Trinajstić information content (AvgIpc) is 2.39. The van der Waals surface area contributed by atoms with Crippen LogP contribution in [0.1, 0.15) is 23.0 Å². The van der Waals surface area contributed by atoms with E-state index in [4.69, 9.17) is 5.11 Å². The van der Waals surface area contributed by atoms with Gasteiger partial charge in [0.15, 0.2) is 0 Å². The number of aryl methyl sites for hydroxylation is 1. The molecule has 2 rings (SSSR count). The molecule has 2 aromatic rings. The Bertz CT molecular complexity index is 535. The Morgan fingerprint density at radius 2 is 1.88 bits per heavy atom. The molecule has 0 radical (unpaired) electrons. The third-order valence-corrected chi connectivity index (χ3v) is 2.61. The number of carboxylic acid groups (broad SMARTS) is 1. The molecule has 3 nitrogen and oxygen atoms in total. The fourth-order valence-electron chi connectivity index (χ4n) is 1.74. The summed E-state index contributed by atoms with van der Waals surface area (Å²) in [6.45, 7) is 1.91. The van der Waals surface area contributed by atoms with Crippen molar-refractivity contribution in [2.75, 3.05) is 0 Å². The highest BCUT2D eigenvalue weighted by Crippen LogP contribution is 2.19. The first-order chi connectivity index (χ1) is 8.22. The zero-order chi connectivity index (χ0) is 12.3. The topological polar surface area (TPSA) is 50.2 Å². The molecule has 1 heterocycles. The number of aromatic nitrogens is 1. The summed E-state index contributed by atoms with van der Waals surface area (Å²) in [5, 5.41) is 9.02. The Labute approximate surface area is 99.8 Å². The number of rotatable bonds is 3. The summed E-state index contributed by atoms with van der Waals surface area (Å²) in [6.07, 6.45) is 0.613. The Hall–Kier alpha value is -2.16. The predicted molar refractivity (Wildman–Crippen MR) is 66.0 cm³/mol. The van der Waals surface area contributed by atoms with Crippen molar-refractivity contribution in [1.82, 2.24) is 4.98 Å². The van der Waals surface area contributed by atoms with E-state index in [1.165, 1.54) is 0 Å². The van der Waals surface area contributed by atoms with Crippen molar-refractivity contribution in [2.45, 2.75) is 13.3 Å². The van der Waals surface area contributed by atoms with Crippen molar-refractivity contribution in [3.63, 3.8) is 0 Å². The summed E-state index contributed by atoms with van der Waals surface area (Å²) >= 11 is 0. The maximum absolute atomic E-state index is 11.0. The van der Waals surface area contributed by atoms with Crippen LogP contribution in [-0.4, -0.2) is 16.1 Å². The molecule has 0 aliphatic rings. The predicted octanol–water partition coefficient (Wildman–Crippen LogP) is 3.01. The second-order valence-corrected chi connectivity index (χ2v) is 3.72. The molecule has 0 bridgehead atoms. The molecule has 0 saturated heterocycles. The van der Waals surface area contributed by atoms with Crippen molar-refractivity contribution in [2.24, 2.45) is 0 Å². The van der Waals surface area contributed by atoms with E-state index < -0.39 is 5.97 Å². The molecule has 17 heavy (non-hydrogen) atoms. The first kappa shape index (κ1) is 11.3. The maximum Gasteiger partial charge on any atom is 0.337 e. The zero-order valence-corrected chi connectivity index (χ0v) is 9.55. The van der Waals surface area contributed by atoms with Crippen LogP contribution in [0, 0.1) is 0 Å². The second-order valence-electron chi connectivity index (χ2n) is 3.72. The van der Waals surface area contributed by atoms with Crippen molar-refractivity contribution in [1.29, 1.82) is 0 Å². The maximum atomic E-state index is 11.0. The van der Waals surface area contributed by atoms with Gasteiger partial charge >= 0.3 is 5.97 Å². The molecule has 3 heteroatoms. The lowest BCUT2D eigenvalue weighted by Gasteiger charge is -2.06. The number of carbonyl (C=O) groups is 1. The number of hydrogen-bond donors (Lipinski definition) is 1. The van der Waals surface area contributed by atoms with Gasteiger partial charge in [0.25, 0.3) is 0 Å². The minimum Gasteiger partial charge on any atom is -0.478 e. The van der Waals surface area contributed by atoms with E-state index in [1.807, 2.05) is 37.3 Å². The number of benzene rings is 1. The highest BCUT2D eigenvalue weighted by molar-refractivity contribution is 5.89. The SMILES string of the molecule is CCc1nc(-c2ccccc2)ccc1C(=O)O. The van der Waals surface area contributed by atoms with Crippen LogP contribution in [0.2, 0.25) is 0 Å². The Morgan fingerprint density at radius 1 is 1.18 bits per heavy atom. The quantitative estimate of drug-likeness (QED) is 0.876. The fourth-order valence-corrected chi connectivity index (χ4v) is 1.74. The molecular weight excluding hydrogens is 214 g/mol. The zero-order valence-electron chi connectivity index (χ0n) is 9.55. The Morgan fingerprint density at radius 3 is 2.47 bits per heavy atom. The van der Waals surface area contributed by atoms with Crippen LogP contribution in [-0.2, 0) is 6.42 Å². The number of hydrogen-bond acceptors (Lipinski definition) is 2. The van der Waals surface area contributed by atoms with Gasteiger partial charge in [0.2, 0.25) is 0 Å². The van der Waals surface area contributed by atoms with Gasteiger partial charge in [-0.1, -0.05) is 37.3 Å². The van der Waals surface area contributed by atoms with Crippen molar-refractivity contribution >= 4 is 5.97 Å². The first-order valence-electron chi connectivity index (χ1n) is 5.51. The van der Waals surface area contributed by atoms with Crippen molar-refractivity contribution in [3.8, 4) is 11.3 Å². The van der Waals surface area contributed by atoms with Gasteiger partial charge in [0, 0.05) is 5.56 Å². The van der Waals surface area contributed by atoms with Crippen LogP contribution in [0.15, 0.2) is 42.5 Å². The molecular formula is C14H13NO2. The lowest BCUT2D eigenvalue weighted by molar-refractivity contribution is 0.0695. The first-order valence-corrected chi connectivity index (χ1v) is 5.51. The van der Waals surface area contributed by atoms with Gasteiger partial charge in [-0.25, -0.2) is 4.79 Å². The van der Waals surface area contributed by atoms with E-state index in [2.05, 4.69) is 4.98 Å². The molecule has 0 unspecified atom stereocenters. The lowest BCUT2D eigenvalue weighted by atomic mass is 10.1. The van der Waals surface area contributed by atoms with Crippen LogP contribution >= 0.6 is 0 Å². The molecule has 0 amide bonds. The molecule has 0 spiro atoms. The molecule has 1 aromatic carbocycles. The lowest BCUT2D eigenvalue weighted by Crippen LogP contribution is -2.04. The number of aromatic carboxylic acids is 1. The molecule has 0 atom stereocenters. The minimum atomic E-state index is -0.922. The minimum absolute atomic E-state index is 0.284. The molecule has 86 valence electrons. The van der Waals surface area contributed by atoms with Crippen molar-refractivity contribution in [3.05, 3.63) is 53.7 Å². The van der Waals surface area contributed by atoms with Gasteiger partial charge in [-0.2, -0.15) is 0 Å². The summed E-state index contributed by atoms with van der Waals surface area (Å²) in [6, 6.07) is 13.1. The van der Waals surface area contributed by atoms with Crippen molar-refractivity contribution < 1.29 is 9.90 Å². The third kappa shape index (κ3) is 2.33. The van der Waals surface area contributed by atoms with E-state index in [1.54, 1.807) is 12.1 Å². The second kappa shape index (κ2) is 4.78. The van der Waals surface area contributed by atoms with Crippen LogP contribution in [0.5, 0.6) is 0 Å². The monoisotopic (exact) mass is 227 g/mol. The van der Waals surface area contributed by atoms with E-state index in [9.17, 15) is 4.79 Å². The van der Waals surface area contributed by atoms with Gasteiger partial charge in [0.1, 0.15) is 0 Å². The number of nitrogens with zero attached hydrogens (tertiary/aromatic N) is 1. The highest BCUT2D eigenvalue weighted by Gasteiger charge is 2.11. The van der Waals surface area contributed by atoms with Gasteiger partial charge in [0.05, 0.1) is 17.0 Å². The molecule has 0 fully saturated rings. The molecule has 0 aliphatic carbocycles. The standard InChI is InChI=1S/C14H13NO2/c1-2-12-11(14(16)17)8-9-13(15-12)10-6-4-3-5-7-10/h3-9H,2H2,1H3,(H,16,17). The summed E-state index contributed by atoms with van der Waals surface area (Å²) < 4.78 is 0. The van der Waals surface area contributed by atoms with E-state index in [-0.39, 0.29) is 5.56 Å². The van der Waals surface area contributed by atoms with Crippen LogP contribution in [0.3, 0.4) is 0 Å². The van der Waals surface area contributed by atoms with Gasteiger partial charge in [-0.3, -0.25) is 4.98 Å². The van der Waals surface area contributed by atoms with Crippen LogP contribution < -0.4 is 0 Å². The van der Waals surface area contributed by atoms with Gasteiger partial charge in [-0.15, -0.1) is 0 Å². The fraction of sp³-hybridized carbons (Fsp3) is 0.143. The van der Waals surface area contributed by atoms with Crippen LogP contribution in [0.4, 0.5) is 0 Å². The summed E-state index contributed by atoms with van der Waals surface area (Å²) in [5.41, 5.74) is 2.72. The smallest absolute Gasteiger partial charge is 0.337 e. The van der Waals surface area contributed by atoms with E-state index >= 15 is 0 Å². The number of carboxylic acids is 1.